The molecule has 90 valence electrons. The van der Waals surface area contributed by atoms with Crippen molar-refractivity contribution in [1.82, 2.24) is 0 Å². The summed E-state index contributed by atoms with van der Waals surface area (Å²) in [5, 5.41) is 1.19. The van der Waals surface area contributed by atoms with Gasteiger partial charge in [0.1, 0.15) is 11.3 Å². The fourth-order valence-corrected chi connectivity index (χ4v) is 2.18. The molecule has 1 nitrogen and oxygen atoms in total. The third-order valence-corrected chi connectivity index (χ3v) is 3.26. The van der Waals surface area contributed by atoms with E-state index in [0.29, 0.717) is 0 Å². The molecule has 1 heterocycles. The first-order valence-corrected chi connectivity index (χ1v) is 6.34. The molecule has 0 radical (unpaired) electrons. The number of furan rings is 1. The Kier molecular flexibility index (Phi) is 2.89. The van der Waals surface area contributed by atoms with Gasteiger partial charge in [0, 0.05) is 11.8 Å². The number of hydrogen-bond donors (Lipinski definition) is 0. The molecule has 0 bridgehead atoms. The maximum atomic E-state index is 5.81. The van der Waals surface area contributed by atoms with E-state index in [1.807, 2.05) is 18.2 Å². The van der Waals surface area contributed by atoms with Crippen LogP contribution in [-0.2, 0) is 12.8 Å². The Morgan fingerprint density at radius 3 is 2.44 bits per heavy atom. The van der Waals surface area contributed by atoms with Crippen LogP contribution in [0.25, 0.3) is 11.0 Å². The first-order chi connectivity index (χ1) is 8.81. The average Bonchev–Trinajstić information content (AvgIpc) is 2.81. The van der Waals surface area contributed by atoms with Gasteiger partial charge in [-0.15, -0.1) is 0 Å². The predicted octanol–water partition coefficient (Wildman–Crippen LogP) is 4.53. The van der Waals surface area contributed by atoms with Crippen molar-refractivity contribution in [3.63, 3.8) is 0 Å². The molecule has 18 heavy (non-hydrogen) atoms. The van der Waals surface area contributed by atoms with Gasteiger partial charge in [0.2, 0.25) is 0 Å². The zero-order valence-corrected chi connectivity index (χ0v) is 10.5. The molecule has 0 saturated carbocycles. The highest BCUT2D eigenvalue weighted by Crippen LogP contribution is 2.20. The van der Waals surface area contributed by atoms with E-state index in [1.54, 1.807) is 0 Å². The standard InChI is InChI=1S/C17H16O/c1-13-6-8-14(9-7-13)10-11-16-12-15-4-2-3-5-17(15)18-16/h2-9,12H,10-11H2,1H3. The zero-order valence-electron chi connectivity index (χ0n) is 10.5. The Hall–Kier alpha value is -2.02. The Bertz CT molecular complexity index is 614. The van der Waals surface area contributed by atoms with Crippen molar-refractivity contribution in [1.29, 1.82) is 0 Å². The minimum absolute atomic E-state index is 0.956. The monoisotopic (exact) mass is 236 g/mol. The molecular weight excluding hydrogens is 220 g/mol. The SMILES string of the molecule is Cc1ccc(CCc2cc3ccccc3o2)cc1. The molecule has 0 fully saturated rings. The normalized spacial score (nSPS) is 10.9. The van der Waals surface area contributed by atoms with Gasteiger partial charge in [-0.3, -0.25) is 0 Å². The summed E-state index contributed by atoms with van der Waals surface area (Å²) in [4.78, 5) is 0. The van der Waals surface area contributed by atoms with Gasteiger partial charge < -0.3 is 4.42 Å². The second-order valence-corrected chi connectivity index (χ2v) is 4.74. The minimum Gasteiger partial charge on any atom is -0.461 e. The van der Waals surface area contributed by atoms with E-state index < -0.39 is 0 Å². The molecule has 0 saturated heterocycles. The van der Waals surface area contributed by atoms with Gasteiger partial charge in [-0.2, -0.15) is 0 Å². The summed E-state index contributed by atoms with van der Waals surface area (Å²) in [5.41, 5.74) is 3.65. The molecule has 0 aliphatic carbocycles. The van der Waals surface area contributed by atoms with Gasteiger partial charge in [-0.1, -0.05) is 48.0 Å². The van der Waals surface area contributed by atoms with Gasteiger partial charge in [0.25, 0.3) is 0 Å². The van der Waals surface area contributed by atoms with Crippen LogP contribution in [0.1, 0.15) is 16.9 Å². The summed E-state index contributed by atoms with van der Waals surface area (Å²) >= 11 is 0. The number of aryl methyl sites for hydroxylation is 3. The van der Waals surface area contributed by atoms with Crippen molar-refractivity contribution in [2.45, 2.75) is 19.8 Å². The van der Waals surface area contributed by atoms with Gasteiger partial charge >= 0.3 is 0 Å². The van der Waals surface area contributed by atoms with Crippen LogP contribution in [-0.4, -0.2) is 0 Å². The maximum Gasteiger partial charge on any atom is 0.134 e. The largest absolute Gasteiger partial charge is 0.461 e. The lowest BCUT2D eigenvalue weighted by Crippen LogP contribution is -1.89. The molecular formula is C17H16O. The van der Waals surface area contributed by atoms with Gasteiger partial charge in [0.05, 0.1) is 0 Å². The summed E-state index contributed by atoms with van der Waals surface area (Å²) in [7, 11) is 0. The summed E-state index contributed by atoms with van der Waals surface area (Å²) in [6.07, 6.45) is 1.98. The lowest BCUT2D eigenvalue weighted by Gasteiger charge is -1.99. The van der Waals surface area contributed by atoms with E-state index in [0.717, 1.165) is 24.2 Å². The molecule has 0 unspecified atom stereocenters. The summed E-state index contributed by atoms with van der Waals surface area (Å²) in [6.45, 7) is 2.11. The lowest BCUT2D eigenvalue weighted by atomic mass is 10.1. The Balaban J connectivity index is 1.74. The minimum atomic E-state index is 0.956. The molecule has 0 amide bonds. The van der Waals surface area contributed by atoms with Crippen LogP contribution in [0.4, 0.5) is 0 Å². The third-order valence-electron chi connectivity index (χ3n) is 3.26. The molecule has 0 aliphatic rings. The summed E-state index contributed by atoms with van der Waals surface area (Å²) in [6, 6.07) is 19.0. The van der Waals surface area contributed by atoms with E-state index in [-0.39, 0.29) is 0 Å². The van der Waals surface area contributed by atoms with Crippen LogP contribution in [0.2, 0.25) is 0 Å². The van der Waals surface area contributed by atoms with E-state index in [1.165, 1.54) is 16.5 Å². The first-order valence-electron chi connectivity index (χ1n) is 6.34. The van der Waals surface area contributed by atoms with Crippen LogP contribution in [0, 0.1) is 6.92 Å². The zero-order chi connectivity index (χ0) is 12.4. The molecule has 2 aromatic carbocycles. The lowest BCUT2D eigenvalue weighted by molar-refractivity contribution is 0.547. The Labute approximate surface area is 107 Å². The Morgan fingerprint density at radius 1 is 0.889 bits per heavy atom. The predicted molar refractivity (Wildman–Crippen MR) is 74.8 cm³/mol. The second kappa shape index (κ2) is 4.69. The molecule has 0 spiro atoms. The number of rotatable bonds is 3. The van der Waals surface area contributed by atoms with Crippen molar-refractivity contribution >= 4 is 11.0 Å². The highest BCUT2D eigenvalue weighted by atomic mass is 16.3. The fourth-order valence-electron chi connectivity index (χ4n) is 2.18. The van der Waals surface area contributed by atoms with Crippen molar-refractivity contribution in [3.8, 4) is 0 Å². The van der Waals surface area contributed by atoms with E-state index in [4.69, 9.17) is 4.42 Å². The van der Waals surface area contributed by atoms with Crippen molar-refractivity contribution in [2.24, 2.45) is 0 Å². The highest BCUT2D eigenvalue weighted by Gasteiger charge is 2.03. The average molecular weight is 236 g/mol. The molecule has 0 atom stereocenters. The van der Waals surface area contributed by atoms with Crippen LogP contribution in [0.3, 0.4) is 0 Å². The first kappa shape index (κ1) is 11.1. The van der Waals surface area contributed by atoms with Crippen LogP contribution >= 0.6 is 0 Å². The quantitative estimate of drug-likeness (QED) is 0.651. The fraction of sp³-hybridized carbons (Fsp3) is 0.176. The molecule has 1 aromatic heterocycles. The molecule has 0 N–H and O–H groups in total. The van der Waals surface area contributed by atoms with Crippen molar-refractivity contribution in [2.75, 3.05) is 0 Å². The number of fused-ring (bicyclic) bond motifs is 1. The van der Waals surface area contributed by atoms with E-state index in [2.05, 4.69) is 43.3 Å². The number of benzene rings is 2. The van der Waals surface area contributed by atoms with E-state index >= 15 is 0 Å². The molecule has 0 aliphatic heterocycles. The summed E-state index contributed by atoms with van der Waals surface area (Å²) in [5.74, 6) is 1.07. The van der Waals surface area contributed by atoms with Crippen molar-refractivity contribution < 1.29 is 4.42 Å². The highest BCUT2D eigenvalue weighted by molar-refractivity contribution is 5.77. The second-order valence-electron chi connectivity index (χ2n) is 4.74. The molecule has 3 rings (SSSR count). The number of hydrogen-bond acceptors (Lipinski definition) is 1. The maximum absolute atomic E-state index is 5.81. The molecule has 3 aromatic rings. The smallest absolute Gasteiger partial charge is 0.134 e. The topological polar surface area (TPSA) is 13.1 Å². The van der Waals surface area contributed by atoms with E-state index in [9.17, 15) is 0 Å². The molecule has 1 heteroatoms. The van der Waals surface area contributed by atoms with Crippen LogP contribution < -0.4 is 0 Å². The van der Waals surface area contributed by atoms with Crippen LogP contribution in [0.15, 0.2) is 59.0 Å². The summed E-state index contributed by atoms with van der Waals surface area (Å²) < 4.78 is 5.81. The van der Waals surface area contributed by atoms with Gasteiger partial charge in [-0.05, 0) is 31.0 Å². The third kappa shape index (κ3) is 2.30. The Morgan fingerprint density at radius 2 is 1.67 bits per heavy atom. The van der Waals surface area contributed by atoms with Crippen LogP contribution in [0.5, 0.6) is 0 Å². The van der Waals surface area contributed by atoms with Gasteiger partial charge in [-0.25, -0.2) is 0 Å². The van der Waals surface area contributed by atoms with Crippen molar-refractivity contribution in [3.05, 3.63) is 71.5 Å². The van der Waals surface area contributed by atoms with Gasteiger partial charge in [0.15, 0.2) is 0 Å². The number of para-hydroxylation sites is 1.